The molecule has 2 rings (SSSR count). The summed E-state index contributed by atoms with van der Waals surface area (Å²) in [5, 5.41) is 3.15. The van der Waals surface area contributed by atoms with Crippen molar-refractivity contribution >= 4 is 23.7 Å². The zero-order valence-corrected chi connectivity index (χ0v) is 10.9. The van der Waals surface area contributed by atoms with Gasteiger partial charge in [0, 0.05) is 18.8 Å². The summed E-state index contributed by atoms with van der Waals surface area (Å²) in [4.78, 5) is 22.7. The van der Waals surface area contributed by atoms with E-state index in [9.17, 15) is 4.79 Å². The number of rotatable bonds is 5. The number of hydrogen-bond donors (Lipinski definition) is 1. The molecule has 2 heterocycles. The van der Waals surface area contributed by atoms with E-state index < -0.39 is 0 Å². The smallest absolute Gasteiger partial charge is 0.213 e. The fourth-order valence-electron chi connectivity index (χ4n) is 1.48. The van der Waals surface area contributed by atoms with Gasteiger partial charge in [-0.3, -0.25) is 4.79 Å². The quantitative estimate of drug-likeness (QED) is 0.665. The number of ether oxygens (including phenoxy) is 1. The van der Waals surface area contributed by atoms with Crippen LogP contribution in [-0.4, -0.2) is 28.3 Å². The molecule has 0 saturated heterocycles. The van der Waals surface area contributed by atoms with E-state index in [-0.39, 0.29) is 10.7 Å². The molecule has 1 N–H and O–H groups in total. The lowest BCUT2D eigenvalue weighted by Gasteiger charge is -2.08. The maximum atomic E-state index is 10.9. The molecule has 0 aromatic carbocycles. The van der Waals surface area contributed by atoms with Crippen LogP contribution in [0.2, 0.25) is 5.15 Å². The molecular weight excluding hydrogens is 268 g/mol. The Kier molecular flexibility index (Phi) is 4.25. The first-order valence-electron chi connectivity index (χ1n) is 5.43. The van der Waals surface area contributed by atoms with Gasteiger partial charge >= 0.3 is 0 Å². The summed E-state index contributed by atoms with van der Waals surface area (Å²) in [7, 11) is 1.55. The van der Waals surface area contributed by atoms with Crippen LogP contribution in [0, 0.1) is 0 Å². The van der Waals surface area contributed by atoms with Crippen molar-refractivity contribution in [2.24, 2.45) is 0 Å². The minimum atomic E-state index is 0.125. The summed E-state index contributed by atoms with van der Waals surface area (Å²) in [6.07, 6.45) is 3.56. The van der Waals surface area contributed by atoms with Crippen LogP contribution in [0.3, 0.4) is 0 Å². The molecule has 0 aliphatic rings. The van der Waals surface area contributed by atoms with Gasteiger partial charge in [0.25, 0.3) is 0 Å². The monoisotopic (exact) mass is 278 g/mol. The molecule has 0 unspecified atom stereocenters. The Morgan fingerprint density at radius 3 is 3.00 bits per heavy atom. The summed E-state index contributed by atoms with van der Waals surface area (Å²) < 4.78 is 5.03. The highest BCUT2D eigenvalue weighted by atomic mass is 35.5. The van der Waals surface area contributed by atoms with Gasteiger partial charge in [-0.25, -0.2) is 15.0 Å². The average Bonchev–Trinajstić information content (AvgIpc) is 2.45. The molecule has 98 valence electrons. The second kappa shape index (κ2) is 6.10. The molecule has 0 saturated carbocycles. The van der Waals surface area contributed by atoms with Crippen LogP contribution >= 0.6 is 11.6 Å². The molecule has 0 amide bonds. The topological polar surface area (TPSA) is 77.0 Å². The predicted molar refractivity (Wildman–Crippen MR) is 70.5 cm³/mol. The number of nitrogens with one attached hydrogen (secondary N) is 1. The number of carbonyl (C=O) groups is 1. The third-order valence-electron chi connectivity index (χ3n) is 2.42. The first kappa shape index (κ1) is 13.2. The van der Waals surface area contributed by atoms with Gasteiger partial charge in [0.1, 0.15) is 17.3 Å². The molecule has 0 bridgehead atoms. The molecule has 0 aliphatic carbocycles. The van der Waals surface area contributed by atoms with Crippen molar-refractivity contribution in [3.8, 4) is 5.88 Å². The highest BCUT2D eigenvalue weighted by Crippen LogP contribution is 2.18. The lowest BCUT2D eigenvalue weighted by Crippen LogP contribution is -2.06. The molecule has 0 spiro atoms. The van der Waals surface area contributed by atoms with Crippen LogP contribution in [0.25, 0.3) is 0 Å². The number of anilines is 1. The van der Waals surface area contributed by atoms with E-state index in [4.69, 9.17) is 16.3 Å². The lowest BCUT2D eigenvalue weighted by atomic mass is 10.2. The summed E-state index contributed by atoms with van der Waals surface area (Å²) >= 11 is 5.81. The summed E-state index contributed by atoms with van der Waals surface area (Å²) in [5.74, 6) is 0.918. The molecule has 0 aliphatic heterocycles. The first-order valence-corrected chi connectivity index (χ1v) is 5.81. The Morgan fingerprint density at radius 1 is 1.42 bits per heavy atom. The standard InChI is InChI=1S/C12H11ClN4O2/c1-19-10-4-8(2-3-14-10)5-15-12-9(6-18)11(13)16-7-17-12/h2-4,6-7H,5H2,1H3,(H,15,16,17). The van der Waals surface area contributed by atoms with Crippen LogP contribution < -0.4 is 10.1 Å². The normalized spacial score (nSPS) is 10.0. The highest BCUT2D eigenvalue weighted by molar-refractivity contribution is 6.32. The Bertz CT molecular complexity index is 592. The SMILES string of the molecule is COc1cc(CNc2ncnc(Cl)c2C=O)ccn1. The molecule has 7 heteroatoms. The second-order valence-electron chi connectivity index (χ2n) is 3.60. The van der Waals surface area contributed by atoms with E-state index in [0.29, 0.717) is 24.5 Å². The minimum Gasteiger partial charge on any atom is -0.481 e. The molecule has 2 aromatic heterocycles. The molecule has 0 fully saturated rings. The molecule has 6 nitrogen and oxygen atoms in total. The number of nitrogens with zero attached hydrogens (tertiary/aromatic N) is 3. The van der Waals surface area contributed by atoms with E-state index in [1.165, 1.54) is 6.33 Å². The summed E-state index contributed by atoms with van der Waals surface area (Å²) in [6, 6.07) is 3.62. The lowest BCUT2D eigenvalue weighted by molar-refractivity contribution is 0.112. The van der Waals surface area contributed by atoms with Crippen molar-refractivity contribution in [1.29, 1.82) is 0 Å². The van der Waals surface area contributed by atoms with Crippen LogP contribution in [0.5, 0.6) is 5.88 Å². The number of hydrogen-bond acceptors (Lipinski definition) is 6. The van der Waals surface area contributed by atoms with Gasteiger partial charge < -0.3 is 10.1 Å². The van der Waals surface area contributed by atoms with E-state index >= 15 is 0 Å². The number of pyridine rings is 1. The molecule has 0 radical (unpaired) electrons. The van der Waals surface area contributed by atoms with Gasteiger partial charge in [0.15, 0.2) is 6.29 Å². The fraction of sp³-hybridized carbons (Fsp3) is 0.167. The number of carbonyl (C=O) groups excluding carboxylic acids is 1. The van der Waals surface area contributed by atoms with Gasteiger partial charge in [-0.2, -0.15) is 0 Å². The maximum absolute atomic E-state index is 10.9. The van der Waals surface area contributed by atoms with Crippen LogP contribution in [0.4, 0.5) is 5.82 Å². The van der Waals surface area contributed by atoms with Crippen LogP contribution in [-0.2, 0) is 6.54 Å². The highest BCUT2D eigenvalue weighted by Gasteiger charge is 2.08. The van der Waals surface area contributed by atoms with Crippen molar-refractivity contribution in [3.63, 3.8) is 0 Å². The fourth-order valence-corrected chi connectivity index (χ4v) is 1.65. The Labute approximate surface area is 114 Å². The average molecular weight is 279 g/mol. The summed E-state index contributed by atoms with van der Waals surface area (Å²) in [5.41, 5.74) is 1.18. The van der Waals surface area contributed by atoms with E-state index in [2.05, 4.69) is 20.3 Å². The predicted octanol–water partition coefficient (Wildman–Crippen LogP) is 1.96. The number of halogens is 1. The largest absolute Gasteiger partial charge is 0.481 e. The van der Waals surface area contributed by atoms with Gasteiger partial charge in [-0.15, -0.1) is 0 Å². The third-order valence-corrected chi connectivity index (χ3v) is 2.72. The number of aldehydes is 1. The molecule has 2 aromatic rings. The Hall–Kier alpha value is -2.21. The Morgan fingerprint density at radius 2 is 2.26 bits per heavy atom. The zero-order chi connectivity index (χ0) is 13.7. The van der Waals surface area contributed by atoms with Crippen LogP contribution in [0.1, 0.15) is 15.9 Å². The minimum absolute atomic E-state index is 0.125. The van der Waals surface area contributed by atoms with Crippen molar-refractivity contribution in [1.82, 2.24) is 15.0 Å². The van der Waals surface area contributed by atoms with Gasteiger partial charge in [-0.05, 0) is 11.6 Å². The summed E-state index contributed by atoms with van der Waals surface area (Å²) in [6.45, 7) is 0.465. The van der Waals surface area contributed by atoms with E-state index in [1.54, 1.807) is 19.4 Å². The first-order chi connectivity index (χ1) is 9.24. The molecular formula is C12H11ClN4O2. The molecule has 0 atom stereocenters. The van der Waals surface area contributed by atoms with Crippen molar-refractivity contribution in [2.45, 2.75) is 6.54 Å². The number of aromatic nitrogens is 3. The maximum Gasteiger partial charge on any atom is 0.213 e. The van der Waals surface area contributed by atoms with Crippen molar-refractivity contribution in [2.75, 3.05) is 12.4 Å². The Balaban J connectivity index is 2.14. The van der Waals surface area contributed by atoms with Gasteiger partial charge in [0.2, 0.25) is 5.88 Å². The zero-order valence-electron chi connectivity index (χ0n) is 10.1. The van der Waals surface area contributed by atoms with Gasteiger partial charge in [-0.1, -0.05) is 11.6 Å². The third kappa shape index (κ3) is 3.17. The number of methoxy groups -OCH3 is 1. The van der Waals surface area contributed by atoms with Crippen molar-refractivity contribution in [3.05, 3.63) is 40.9 Å². The van der Waals surface area contributed by atoms with E-state index in [0.717, 1.165) is 5.56 Å². The second-order valence-corrected chi connectivity index (χ2v) is 3.96. The molecule has 19 heavy (non-hydrogen) atoms. The van der Waals surface area contributed by atoms with E-state index in [1.807, 2.05) is 6.07 Å². The van der Waals surface area contributed by atoms with Crippen LogP contribution in [0.15, 0.2) is 24.7 Å². The van der Waals surface area contributed by atoms with Gasteiger partial charge in [0.05, 0.1) is 12.7 Å². The van der Waals surface area contributed by atoms with Crippen molar-refractivity contribution < 1.29 is 9.53 Å².